The number of hydrogen-bond acceptors (Lipinski definition) is 7. The van der Waals surface area contributed by atoms with E-state index in [9.17, 15) is 24.3 Å². The molecule has 0 radical (unpaired) electrons. The Kier molecular flexibility index (Phi) is 18.5. The summed E-state index contributed by atoms with van der Waals surface area (Å²) in [5.74, 6) is -0.107. The van der Waals surface area contributed by atoms with Gasteiger partial charge in [0.15, 0.2) is 0 Å². The number of nitrogens with two attached hydrogens (primary N) is 3. The van der Waals surface area contributed by atoms with Gasteiger partial charge in [0.2, 0.25) is 17.7 Å². The Labute approximate surface area is 265 Å². The maximum atomic E-state index is 13.0. The number of carbonyl (C=O) groups excluding carboxylic acids is 3. The SMILES string of the molecule is NCCCCCC(=O)NCC(CCC(=O)O)(C1CCN(C(=O)CCCCCN)CC1)C1CCN(C(=O)CCCCCN)CC1. The van der Waals surface area contributed by atoms with Crippen molar-refractivity contribution in [3.8, 4) is 0 Å². The number of piperidine rings is 2. The van der Waals surface area contributed by atoms with Crippen LogP contribution in [0.5, 0.6) is 0 Å². The number of amides is 3. The zero-order valence-electron chi connectivity index (χ0n) is 27.2. The van der Waals surface area contributed by atoms with Gasteiger partial charge in [-0.1, -0.05) is 19.3 Å². The van der Waals surface area contributed by atoms with Crippen LogP contribution in [0.1, 0.15) is 116 Å². The van der Waals surface area contributed by atoms with E-state index in [0.29, 0.717) is 78.0 Å². The van der Waals surface area contributed by atoms with Gasteiger partial charge in [0, 0.05) is 58.4 Å². The molecule has 11 nitrogen and oxygen atoms in total. The number of rotatable bonds is 22. The topological polar surface area (TPSA) is 185 Å². The third-order valence-corrected chi connectivity index (χ3v) is 10.0. The third-order valence-electron chi connectivity index (χ3n) is 10.0. The lowest BCUT2D eigenvalue weighted by Gasteiger charge is -2.51. The van der Waals surface area contributed by atoms with Crippen molar-refractivity contribution in [3.05, 3.63) is 0 Å². The van der Waals surface area contributed by atoms with Gasteiger partial charge in [-0.2, -0.15) is 0 Å². The fourth-order valence-electron chi connectivity index (χ4n) is 7.34. The minimum absolute atomic E-state index is 0.00286. The zero-order chi connectivity index (χ0) is 32.2. The average molecular weight is 623 g/mol. The van der Waals surface area contributed by atoms with Crippen LogP contribution in [0.3, 0.4) is 0 Å². The van der Waals surface area contributed by atoms with E-state index in [1.807, 2.05) is 9.80 Å². The molecule has 0 bridgehead atoms. The van der Waals surface area contributed by atoms with Gasteiger partial charge in [-0.05, 0) is 108 Å². The van der Waals surface area contributed by atoms with Crippen molar-refractivity contribution in [2.24, 2.45) is 34.5 Å². The summed E-state index contributed by atoms with van der Waals surface area (Å²) in [6, 6.07) is 0. The van der Waals surface area contributed by atoms with Crippen molar-refractivity contribution in [1.29, 1.82) is 0 Å². The van der Waals surface area contributed by atoms with Crippen molar-refractivity contribution in [1.82, 2.24) is 15.1 Å². The summed E-state index contributed by atoms with van der Waals surface area (Å²) >= 11 is 0. The lowest BCUT2D eigenvalue weighted by Crippen LogP contribution is -2.54. The Morgan fingerprint density at radius 2 is 1.02 bits per heavy atom. The van der Waals surface area contributed by atoms with Crippen molar-refractivity contribution in [2.45, 2.75) is 116 Å². The average Bonchev–Trinajstić information content (AvgIpc) is 3.03. The van der Waals surface area contributed by atoms with E-state index in [0.717, 1.165) is 83.5 Å². The number of carboxylic acid groups (broad SMARTS) is 1. The number of likely N-dealkylation sites (tertiary alicyclic amines) is 2. The summed E-state index contributed by atoms with van der Waals surface area (Å²) in [6.07, 6.45) is 13.2. The highest BCUT2D eigenvalue weighted by Crippen LogP contribution is 2.49. The van der Waals surface area contributed by atoms with E-state index in [1.165, 1.54) is 0 Å². The second kappa shape index (κ2) is 21.5. The number of unbranched alkanes of at least 4 members (excludes halogenated alkanes) is 6. The van der Waals surface area contributed by atoms with E-state index in [2.05, 4.69) is 5.32 Å². The molecular formula is C33H62N6O5. The Morgan fingerprint density at radius 1 is 0.614 bits per heavy atom. The largest absolute Gasteiger partial charge is 0.481 e. The minimum Gasteiger partial charge on any atom is -0.481 e. The molecule has 11 heteroatoms. The van der Waals surface area contributed by atoms with Gasteiger partial charge in [0.1, 0.15) is 0 Å². The normalized spacial score (nSPS) is 16.7. The van der Waals surface area contributed by atoms with E-state index in [1.54, 1.807) is 0 Å². The highest BCUT2D eigenvalue weighted by Gasteiger charge is 2.47. The van der Waals surface area contributed by atoms with Gasteiger partial charge in [0.05, 0.1) is 0 Å². The molecule has 44 heavy (non-hydrogen) atoms. The number of carboxylic acids is 1. The fraction of sp³-hybridized carbons (Fsp3) is 0.879. The highest BCUT2D eigenvalue weighted by molar-refractivity contribution is 5.77. The standard InChI is InChI=1S/C33H62N6O5/c34-19-7-1-4-10-29(40)37-26-33(18-13-32(43)44,27-14-22-38(23-15-27)30(41)11-5-2-8-20-35)28-16-24-39(25-17-28)31(42)12-6-3-9-21-36/h27-28H,1-26,34-36H2,(H,37,40)(H,43,44). The van der Waals surface area contributed by atoms with Crippen LogP contribution < -0.4 is 22.5 Å². The van der Waals surface area contributed by atoms with Crippen LogP contribution in [0.4, 0.5) is 0 Å². The summed E-state index contributed by atoms with van der Waals surface area (Å²) < 4.78 is 0. The Balaban J connectivity index is 2.15. The molecule has 0 aromatic heterocycles. The second-order valence-corrected chi connectivity index (χ2v) is 13.0. The zero-order valence-corrected chi connectivity index (χ0v) is 27.2. The Hall–Kier alpha value is -2.24. The first-order chi connectivity index (χ1) is 21.3. The molecule has 0 aromatic carbocycles. The second-order valence-electron chi connectivity index (χ2n) is 13.0. The molecule has 2 aliphatic rings. The molecule has 0 spiro atoms. The number of nitrogens with zero attached hydrogens (tertiary/aromatic N) is 2. The molecule has 0 atom stereocenters. The molecule has 8 N–H and O–H groups in total. The molecule has 2 fully saturated rings. The molecule has 0 saturated carbocycles. The van der Waals surface area contributed by atoms with Gasteiger partial charge >= 0.3 is 5.97 Å². The maximum absolute atomic E-state index is 13.0. The predicted molar refractivity (Wildman–Crippen MR) is 173 cm³/mol. The van der Waals surface area contributed by atoms with Gasteiger partial charge in [-0.3, -0.25) is 19.2 Å². The van der Waals surface area contributed by atoms with E-state index < -0.39 is 11.4 Å². The number of nitrogens with one attached hydrogen (secondary N) is 1. The van der Waals surface area contributed by atoms with Crippen LogP contribution in [0.2, 0.25) is 0 Å². The molecular weight excluding hydrogens is 560 g/mol. The van der Waals surface area contributed by atoms with Crippen LogP contribution in [-0.2, 0) is 19.2 Å². The maximum Gasteiger partial charge on any atom is 0.303 e. The first-order valence-corrected chi connectivity index (χ1v) is 17.4. The number of carbonyl (C=O) groups is 4. The molecule has 2 saturated heterocycles. The van der Waals surface area contributed by atoms with Crippen LogP contribution >= 0.6 is 0 Å². The van der Waals surface area contributed by atoms with Crippen molar-refractivity contribution in [2.75, 3.05) is 52.4 Å². The Bertz CT molecular complexity index is 812. The van der Waals surface area contributed by atoms with Gasteiger partial charge in [-0.25, -0.2) is 0 Å². The smallest absolute Gasteiger partial charge is 0.303 e. The minimum atomic E-state index is -0.835. The summed E-state index contributed by atoms with van der Waals surface area (Å²) in [4.78, 5) is 54.6. The van der Waals surface area contributed by atoms with Gasteiger partial charge in [-0.15, -0.1) is 0 Å². The van der Waals surface area contributed by atoms with Gasteiger partial charge in [0.25, 0.3) is 0 Å². The first kappa shape index (κ1) is 37.9. The van der Waals surface area contributed by atoms with Crippen LogP contribution in [0, 0.1) is 17.3 Å². The van der Waals surface area contributed by atoms with E-state index in [-0.39, 0.29) is 36.0 Å². The lowest BCUT2D eigenvalue weighted by molar-refractivity contribution is -0.139. The lowest BCUT2D eigenvalue weighted by atomic mass is 9.58. The molecule has 254 valence electrons. The summed E-state index contributed by atoms with van der Waals surface area (Å²) in [6.45, 7) is 4.96. The fourth-order valence-corrected chi connectivity index (χ4v) is 7.34. The molecule has 0 aliphatic carbocycles. The van der Waals surface area contributed by atoms with Crippen LogP contribution in [0.15, 0.2) is 0 Å². The third kappa shape index (κ3) is 13.0. The van der Waals surface area contributed by atoms with Crippen molar-refractivity contribution >= 4 is 23.7 Å². The molecule has 2 heterocycles. The first-order valence-electron chi connectivity index (χ1n) is 17.4. The quantitative estimate of drug-likeness (QED) is 0.114. The van der Waals surface area contributed by atoms with Crippen molar-refractivity contribution in [3.63, 3.8) is 0 Å². The van der Waals surface area contributed by atoms with E-state index in [4.69, 9.17) is 17.2 Å². The Morgan fingerprint density at radius 3 is 1.41 bits per heavy atom. The summed E-state index contributed by atoms with van der Waals surface area (Å²) in [5.41, 5.74) is 16.4. The van der Waals surface area contributed by atoms with Crippen LogP contribution in [0.25, 0.3) is 0 Å². The molecule has 0 unspecified atom stereocenters. The van der Waals surface area contributed by atoms with E-state index >= 15 is 0 Å². The molecule has 2 rings (SSSR count). The predicted octanol–water partition coefficient (Wildman–Crippen LogP) is 2.99. The molecule has 0 aromatic rings. The number of aliphatic carboxylic acids is 1. The van der Waals surface area contributed by atoms with Gasteiger partial charge < -0.3 is 37.4 Å². The summed E-state index contributed by atoms with van der Waals surface area (Å²) in [7, 11) is 0. The molecule has 3 amide bonds. The molecule has 2 aliphatic heterocycles. The summed E-state index contributed by atoms with van der Waals surface area (Å²) in [5, 5.41) is 13.0. The number of hydrogen-bond donors (Lipinski definition) is 5. The van der Waals surface area contributed by atoms with Crippen LogP contribution in [-0.4, -0.2) is 91.0 Å². The highest BCUT2D eigenvalue weighted by atomic mass is 16.4. The monoisotopic (exact) mass is 622 g/mol. The van der Waals surface area contributed by atoms with Crippen molar-refractivity contribution < 1.29 is 24.3 Å².